The van der Waals surface area contributed by atoms with Gasteiger partial charge in [-0.3, -0.25) is 0 Å². The van der Waals surface area contributed by atoms with E-state index in [9.17, 15) is 19.8 Å². The predicted molar refractivity (Wildman–Crippen MR) is 255 cm³/mol. The first-order valence-corrected chi connectivity index (χ1v) is 21.4. The zero-order valence-electron chi connectivity index (χ0n) is 35.6. The molecule has 322 valence electrons. The molecule has 8 aromatic carbocycles. The molecule has 2 unspecified atom stereocenters. The molecule has 8 aromatic rings. The molecule has 1 aliphatic carbocycles. The van der Waals surface area contributed by atoms with Gasteiger partial charge in [-0.2, -0.15) is 0 Å². The second-order valence-corrected chi connectivity index (χ2v) is 16.0. The monoisotopic (exact) mass is 858 g/mol. The molecule has 65 heavy (non-hydrogen) atoms. The van der Waals surface area contributed by atoms with Crippen molar-refractivity contribution in [2.24, 2.45) is 0 Å². The predicted octanol–water partition coefficient (Wildman–Crippen LogP) is 10.6. The summed E-state index contributed by atoms with van der Waals surface area (Å²) >= 11 is 0. The Hall–Kier alpha value is -7.78. The smallest absolute Gasteiger partial charge is 0.330 e. The first-order chi connectivity index (χ1) is 31.7. The first-order valence-electron chi connectivity index (χ1n) is 21.4. The average Bonchev–Trinajstić information content (AvgIpc) is 3.65. The summed E-state index contributed by atoms with van der Waals surface area (Å²) in [6.07, 6.45) is 0.103. The highest BCUT2D eigenvalue weighted by atomic mass is 16.6. The van der Waals surface area contributed by atoms with E-state index in [4.69, 9.17) is 18.9 Å². The van der Waals surface area contributed by atoms with Gasteiger partial charge in [-0.05, 0) is 126 Å². The van der Waals surface area contributed by atoms with Crippen molar-refractivity contribution in [2.75, 3.05) is 26.4 Å². The van der Waals surface area contributed by atoms with Crippen LogP contribution in [0.2, 0.25) is 0 Å². The lowest BCUT2D eigenvalue weighted by atomic mass is 9.66. The standard InChI is InChI=1S/C57H46O8/c1-3-55(60)64-35-47(58)33-62-49-23-17-39-27-45(21-15-41(39)29-49)57(46-22-16-42-30-50(24-18-40(42)28-46)63-34-48(59)36-65-56(61)4-2)53-31-43(37-11-7-5-8-12-37)19-25-51(53)52-26-20-44(32-54(52)57)38-13-9-6-10-14-38/h3-32,47-48,58-59H,1-2,33-36H2. The number of esters is 2. The summed E-state index contributed by atoms with van der Waals surface area (Å²) in [5.41, 5.74) is 10.5. The number of aliphatic hydroxyl groups is 2. The Morgan fingerprint density at radius 1 is 0.462 bits per heavy atom. The normalized spacial score (nSPS) is 13.3. The van der Waals surface area contributed by atoms with Crippen molar-refractivity contribution in [2.45, 2.75) is 17.6 Å². The van der Waals surface area contributed by atoms with Crippen LogP contribution in [-0.4, -0.2) is 60.8 Å². The van der Waals surface area contributed by atoms with Gasteiger partial charge in [-0.1, -0.05) is 134 Å². The Bertz CT molecular complexity index is 2860. The minimum atomic E-state index is -1.00. The van der Waals surface area contributed by atoms with Crippen LogP contribution in [0.1, 0.15) is 22.3 Å². The van der Waals surface area contributed by atoms with Crippen LogP contribution in [0.25, 0.3) is 54.9 Å². The third-order valence-electron chi connectivity index (χ3n) is 11.9. The largest absolute Gasteiger partial charge is 0.491 e. The van der Waals surface area contributed by atoms with E-state index in [0.717, 1.165) is 89.3 Å². The number of carbonyl (C=O) groups is 2. The van der Waals surface area contributed by atoms with E-state index in [-0.39, 0.29) is 26.4 Å². The van der Waals surface area contributed by atoms with E-state index in [0.29, 0.717) is 11.5 Å². The summed E-state index contributed by atoms with van der Waals surface area (Å²) in [6, 6.07) is 59.5. The van der Waals surface area contributed by atoms with Crippen LogP contribution in [0.3, 0.4) is 0 Å². The zero-order valence-corrected chi connectivity index (χ0v) is 35.6. The van der Waals surface area contributed by atoms with Gasteiger partial charge in [-0.15, -0.1) is 0 Å². The van der Waals surface area contributed by atoms with Gasteiger partial charge in [0.15, 0.2) is 0 Å². The molecule has 0 saturated heterocycles. The van der Waals surface area contributed by atoms with Crippen LogP contribution in [-0.2, 0) is 24.5 Å². The van der Waals surface area contributed by atoms with E-state index in [1.807, 2.05) is 48.5 Å². The lowest BCUT2D eigenvalue weighted by molar-refractivity contribution is -0.142. The lowest BCUT2D eigenvalue weighted by Gasteiger charge is -2.35. The Morgan fingerprint density at radius 3 is 1.28 bits per heavy atom. The number of fused-ring (bicyclic) bond motifs is 5. The highest BCUT2D eigenvalue weighted by molar-refractivity contribution is 5.94. The van der Waals surface area contributed by atoms with Crippen LogP contribution in [0.4, 0.5) is 0 Å². The van der Waals surface area contributed by atoms with Gasteiger partial charge in [0.1, 0.15) is 50.1 Å². The summed E-state index contributed by atoms with van der Waals surface area (Å²) in [6.45, 7) is 6.28. The average molecular weight is 859 g/mol. The van der Waals surface area contributed by atoms with E-state index in [2.05, 4.69) is 134 Å². The number of ether oxygens (including phenoxy) is 4. The van der Waals surface area contributed by atoms with Crippen molar-refractivity contribution in [3.8, 4) is 44.9 Å². The molecule has 1 aliphatic rings. The number of rotatable bonds is 16. The van der Waals surface area contributed by atoms with E-state index < -0.39 is 29.6 Å². The van der Waals surface area contributed by atoms with Gasteiger partial charge in [0.2, 0.25) is 0 Å². The molecule has 0 bridgehead atoms. The van der Waals surface area contributed by atoms with Gasteiger partial charge >= 0.3 is 11.9 Å². The molecule has 8 nitrogen and oxygen atoms in total. The molecule has 0 aromatic heterocycles. The summed E-state index contributed by atoms with van der Waals surface area (Å²) in [7, 11) is 0. The van der Waals surface area contributed by atoms with Crippen molar-refractivity contribution in [3.63, 3.8) is 0 Å². The van der Waals surface area contributed by atoms with Crippen molar-refractivity contribution in [1.29, 1.82) is 0 Å². The lowest BCUT2D eigenvalue weighted by Crippen LogP contribution is -2.28. The topological polar surface area (TPSA) is 112 Å². The highest BCUT2D eigenvalue weighted by Crippen LogP contribution is 2.58. The minimum absolute atomic E-state index is 0.0526. The molecule has 0 aliphatic heterocycles. The van der Waals surface area contributed by atoms with Gasteiger partial charge in [-0.25, -0.2) is 9.59 Å². The third-order valence-corrected chi connectivity index (χ3v) is 11.9. The molecule has 0 saturated carbocycles. The zero-order chi connectivity index (χ0) is 44.9. The summed E-state index contributed by atoms with van der Waals surface area (Å²) in [5.74, 6) is -0.0547. The fraction of sp³-hybridized carbons (Fsp3) is 0.123. The Kier molecular flexibility index (Phi) is 12.1. The quantitative estimate of drug-likeness (QED) is 0.0730. The van der Waals surface area contributed by atoms with Crippen molar-refractivity contribution in [1.82, 2.24) is 0 Å². The number of carbonyl (C=O) groups excluding carboxylic acids is 2. The Labute approximate surface area is 377 Å². The van der Waals surface area contributed by atoms with Gasteiger partial charge in [0.05, 0.1) is 5.41 Å². The van der Waals surface area contributed by atoms with E-state index in [1.54, 1.807) is 0 Å². The molecule has 0 radical (unpaired) electrons. The fourth-order valence-electron chi connectivity index (χ4n) is 8.78. The summed E-state index contributed by atoms with van der Waals surface area (Å²) in [5, 5.41) is 24.7. The maximum atomic E-state index is 11.5. The molecule has 0 spiro atoms. The Balaban J connectivity index is 1.18. The maximum absolute atomic E-state index is 11.5. The summed E-state index contributed by atoms with van der Waals surface area (Å²) < 4.78 is 21.9. The Morgan fingerprint density at radius 2 is 0.862 bits per heavy atom. The highest BCUT2D eigenvalue weighted by Gasteiger charge is 2.47. The van der Waals surface area contributed by atoms with Gasteiger partial charge in [0, 0.05) is 12.2 Å². The molecule has 0 amide bonds. The fourth-order valence-corrected chi connectivity index (χ4v) is 8.78. The van der Waals surface area contributed by atoms with Crippen LogP contribution in [0, 0.1) is 0 Å². The number of aliphatic hydroxyl groups excluding tert-OH is 2. The number of benzene rings is 8. The van der Waals surface area contributed by atoms with Gasteiger partial charge in [0.25, 0.3) is 0 Å². The number of hydrogen-bond donors (Lipinski definition) is 2. The van der Waals surface area contributed by atoms with Crippen LogP contribution < -0.4 is 9.47 Å². The SMILES string of the molecule is C=CC(=O)OCC(O)COc1ccc2cc(C3(c4ccc5cc(OCC(O)COC(=O)C=C)ccc5c4)c4cc(-c5ccccc5)ccc4-c4ccc(-c5ccccc5)cc43)ccc2c1. The van der Waals surface area contributed by atoms with Crippen LogP contribution in [0.15, 0.2) is 195 Å². The van der Waals surface area contributed by atoms with Gasteiger partial charge < -0.3 is 29.2 Å². The van der Waals surface area contributed by atoms with Crippen molar-refractivity contribution >= 4 is 33.5 Å². The van der Waals surface area contributed by atoms with Crippen LogP contribution >= 0.6 is 0 Å². The molecule has 2 N–H and O–H groups in total. The second-order valence-electron chi connectivity index (χ2n) is 16.0. The third kappa shape index (κ3) is 8.65. The van der Waals surface area contributed by atoms with E-state index in [1.165, 1.54) is 0 Å². The molecule has 0 fully saturated rings. The first kappa shape index (κ1) is 42.5. The van der Waals surface area contributed by atoms with Crippen molar-refractivity contribution < 1.29 is 38.7 Å². The molecular weight excluding hydrogens is 813 g/mol. The second kappa shape index (κ2) is 18.5. The number of hydrogen-bond acceptors (Lipinski definition) is 8. The minimum Gasteiger partial charge on any atom is -0.491 e. The van der Waals surface area contributed by atoms with Crippen molar-refractivity contribution in [3.05, 3.63) is 217 Å². The molecule has 0 heterocycles. The maximum Gasteiger partial charge on any atom is 0.330 e. The molecule has 2 atom stereocenters. The molecule has 9 rings (SSSR count). The molecular formula is C57H46O8. The molecule has 8 heteroatoms. The van der Waals surface area contributed by atoms with Crippen LogP contribution in [0.5, 0.6) is 11.5 Å². The summed E-state index contributed by atoms with van der Waals surface area (Å²) in [4.78, 5) is 23.0. The van der Waals surface area contributed by atoms with E-state index >= 15 is 0 Å².